The van der Waals surface area contributed by atoms with Crippen molar-refractivity contribution in [1.29, 1.82) is 0 Å². The first-order chi connectivity index (χ1) is 13.0. The lowest BCUT2D eigenvalue weighted by molar-refractivity contribution is -0.124. The summed E-state index contributed by atoms with van der Waals surface area (Å²) in [7, 11) is 3.09. The summed E-state index contributed by atoms with van der Waals surface area (Å²) in [4.78, 5) is 23.7. The van der Waals surface area contributed by atoms with E-state index in [1.165, 1.54) is 13.3 Å². The van der Waals surface area contributed by atoms with Crippen LogP contribution < -0.4 is 20.2 Å². The molecule has 0 saturated heterocycles. The summed E-state index contributed by atoms with van der Waals surface area (Å²) >= 11 is 5.97. The van der Waals surface area contributed by atoms with Crippen LogP contribution in [0.2, 0.25) is 5.02 Å². The minimum Gasteiger partial charge on any atom is -0.497 e. The van der Waals surface area contributed by atoms with Gasteiger partial charge in [-0.3, -0.25) is 9.59 Å². The summed E-state index contributed by atoms with van der Waals surface area (Å²) in [5.74, 6) is 0.524. The molecule has 0 spiro atoms. The van der Waals surface area contributed by atoms with E-state index in [4.69, 9.17) is 21.1 Å². The summed E-state index contributed by atoms with van der Waals surface area (Å²) < 4.78 is 10.4. The Labute approximate surface area is 162 Å². The fourth-order valence-corrected chi connectivity index (χ4v) is 2.34. The van der Waals surface area contributed by atoms with Crippen LogP contribution >= 0.6 is 11.6 Å². The van der Waals surface area contributed by atoms with Crippen molar-refractivity contribution in [2.24, 2.45) is 5.10 Å². The van der Waals surface area contributed by atoms with Gasteiger partial charge in [-0.05, 0) is 24.3 Å². The number of methoxy groups -OCH3 is 2. The number of ether oxygens (including phenoxy) is 2. The van der Waals surface area contributed by atoms with Gasteiger partial charge >= 0.3 is 0 Å². The zero-order chi connectivity index (χ0) is 19.6. The van der Waals surface area contributed by atoms with E-state index in [1.807, 2.05) is 0 Å². The lowest BCUT2D eigenvalue weighted by Gasteiger charge is -2.07. The van der Waals surface area contributed by atoms with Crippen molar-refractivity contribution in [3.8, 4) is 11.5 Å². The number of nitrogens with one attached hydrogen (secondary N) is 2. The van der Waals surface area contributed by atoms with Crippen molar-refractivity contribution in [3.05, 3.63) is 53.1 Å². The van der Waals surface area contributed by atoms with Crippen molar-refractivity contribution in [2.75, 3.05) is 19.5 Å². The molecule has 2 amide bonds. The standard InChI is InChI=1S/C19H20ClN3O4/c1-26-14-8-7-13(17(11-14)27-2)12-21-23-19(25)10-9-18(24)22-16-6-4-3-5-15(16)20/h3-8,11-12H,9-10H2,1-2H3,(H,22,24)(H,23,25)/b21-12+. The van der Waals surface area contributed by atoms with Crippen molar-refractivity contribution < 1.29 is 19.1 Å². The number of hydrazone groups is 1. The highest BCUT2D eigenvalue weighted by Crippen LogP contribution is 2.23. The van der Waals surface area contributed by atoms with E-state index in [-0.39, 0.29) is 24.7 Å². The molecule has 27 heavy (non-hydrogen) atoms. The molecular formula is C19H20ClN3O4. The van der Waals surface area contributed by atoms with Gasteiger partial charge in [-0.15, -0.1) is 0 Å². The second-order valence-corrected chi connectivity index (χ2v) is 5.84. The summed E-state index contributed by atoms with van der Waals surface area (Å²) in [6.07, 6.45) is 1.46. The number of hydrogen-bond donors (Lipinski definition) is 2. The predicted octanol–water partition coefficient (Wildman–Crippen LogP) is 3.23. The van der Waals surface area contributed by atoms with E-state index in [0.29, 0.717) is 27.8 Å². The van der Waals surface area contributed by atoms with Crippen LogP contribution in [0.3, 0.4) is 0 Å². The molecule has 0 unspecified atom stereocenters. The fraction of sp³-hybridized carbons (Fsp3) is 0.211. The van der Waals surface area contributed by atoms with Crippen molar-refractivity contribution in [3.63, 3.8) is 0 Å². The summed E-state index contributed by atoms with van der Waals surface area (Å²) in [5.41, 5.74) is 3.56. The number of para-hydroxylation sites is 1. The molecule has 2 N–H and O–H groups in total. The van der Waals surface area contributed by atoms with E-state index in [9.17, 15) is 9.59 Å². The molecule has 2 rings (SSSR count). The minimum absolute atomic E-state index is 0.00657. The monoisotopic (exact) mass is 389 g/mol. The number of carbonyl (C=O) groups is 2. The molecule has 0 bridgehead atoms. The molecule has 0 aromatic heterocycles. The molecule has 0 atom stereocenters. The van der Waals surface area contributed by atoms with Crippen LogP contribution in [0.4, 0.5) is 5.69 Å². The van der Waals surface area contributed by atoms with Crippen molar-refractivity contribution in [2.45, 2.75) is 12.8 Å². The zero-order valence-corrected chi connectivity index (χ0v) is 15.7. The maximum absolute atomic E-state index is 11.9. The molecule has 142 valence electrons. The van der Waals surface area contributed by atoms with E-state index in [1.54, 1.807) is 49.6 Å². The van der Waals surface area contributed by atoms with Crippen LogP contribution in [-0.4, -0.2) is 32.2 Å². The van der Waals surface area contributed by atoms with Gasteiger partial charge in [-0.1, -0.05) is 23.7 Å². The van der Waals surface area contributed by atoms with Gasteiger partial charge in [0.15, 0.2) is 0 Å². The number of benzene rings is 2. The normalized spacial score (nSPS) is 10.5. The van der Waals surface area contributed by atoms with Gasteiger partial charge in [0, 0.05) is 24.5 Å². The predicted molar refractivity (Wildman–Crippen MR) is 105 cm³/mol. The Kier molecular flexibility index (Phi) is 7.63. The molecule has 7 nitrogen and oxygen atoms in total. The summed E-state index contributed by atoms with van der Waals surface area (Å²) in [6, 6.07) is 12.1. The Morgan fingerprint density at radius 3 is 2.52 bits per heavy atom. The van der Waals surface area contributed by atoms with E-state index in [0.717, 1.165) is 0 Å². The number of halogens is 1. The number of hydrogen-bond acceptors (Lipinski definition) is 5. The van der Waals surface area contributed by atoms with E-state index >= 15 is 0 Å². The number of nitrogens with zero attached hydrogens (tertiary/aromatic N) is 1. The molecular weight excluding hydrogens is 370 g/mol. The fourth-order valence-electron chi connectivity index (χ4n) is 2.16. The highest BCUT2D eigenvalue weighted by atomic mass is 35.5. The molecule has 0 aliphatic rings. The van der Waals surface area contributed by atoms with Crippen LogP contribution in [-0.2, 0) is 9.59 Å². The number of anilines is 1. The SMILES string of the molecule is COc1ccc(/C=N/NC(=O)CCC(=O)Nc2ccccc2Cl)c(OC)c1. The molecule has 0 aliphatic carbocycles. The van der Waals surface area contributed by atoms with Crippen LogP contribution in [0.25, 0.3) is 0 Å². The Hall–Kier alpha value is -3.06. The number of carbonyl (C=O) groups excluding carboxylic acids is 2. The molecule has 8 heteroatoms. The first kappa shape index (κ1) is 20.3. The van der Waals surface area contributed by atoms with Crippen LogP contribution in [0.15, 0.2) is 47.6 Å². The highest BCUT2D eigenvalue weighted by molar-refractivity contribution is 6.33. The summed E-state index contributed by atoms with van der Waals surface area (Å²) in [6.45, 7) is 0. The number of rotatable bonds is 8. The first-order valence-electron chi connectivity index (χ1n) is 8.11. The highest BCUT2D eigenvalue weighted by Gasteiger charge is 2.08. The molecule has 0 fully saturated rings. The van der Waals surface area contributed by atoms with E-state index < -0.39 is 0 Å². The van der Waals surface area contributed by atoms with Gasteiger partial charge in [0.25, 0.3) is 0 Å². The molecule has 2 aromatic rings. The molecule has 2 aromatic carbocycles. The minimum atomic E-state index is -0.381. The first-order valence-corrected chi connectivity index (χ1v) is 8.49. The third-order valence-electron chi connectivity index (χ3n) is 3.56. The average Bonchev–Trinajstić information content (AvgIpc) is 2.68. The maximum atomic E-state index is 11.9. The third-order valence-corrected chi connectivity index (χ3v) is 3.89. The van der Waals surface area contributed by atoms with Gasteiger partial charge in [0.2, 0.25) is 11.8 Å². The Morgan fingerprint density at radius 1 is 1.07 bits per heavy atom. The number of amides is 2. The maximum Gasteiger partial charge on any atom is 0.240 e. The lowest BCUT2D eigenvalue weighted by atomic mass is 10.2. The van der Waals surface area contributed by atoms with Gasteiger partial charge in [-0.25, -0.2) is 5.43 Å². The molecule has 0 heterocycles. The lowest BCUT2D eigenvalue weighted by Crippen LogP contribution is -2.20. The van der Waals surface area contributed by atoms with Crippen molar-refractivity contribution >= 4 is 35.3 Å². The van der Waals surface area contributed by atoms with E-state index in [2.05, 4.69) is 15.8 Å². The second-order valence-electron chi connectivity index (χ2n) is 5.43. The largest absolute Gasteiger partial charge is 0.497 e. The van der Waals surface area contributed by atoms with Gasteiger partial charge in [-0.2, -0.15) is 5.10 Å². The van der Waals surface area contributed by atoms with Gasteiger partial charge < -0.3 is 14.8 Å². The van der Waals surface area contributed by atoms with Crippen molar-refractivity contribution in [1.82, 2.24) is 5.43 Å². The molecule has 0 aliphatic heterocycles. The molecule has 0 saturated carbocycles. The average molecular weight is 390 g/mol. The third kappa shape index (κ3) is 6.31. The van der Waals surface area contributed by atoms with Gasteiger partial charge in [0.1, 0.15) is 11.5 Å². The summed E-state index contributed by atoms with van der Waals surface area (Å²) in [5, 5.41) is 6.98. The smallest absolute Gasteiger partial charge is 0.240 e. The van der Waals surface area contributed by atoms with Crippen LogP contribution in [0.1, 0.15) is 18.4 Å². The van der Waals surface area contributed by atoms with Gasteiger partial charge in [0.05, 0.1) is 31.1 Å². The Balaban J connectivity index is 1.81. The van der Waals surface area contributed by atoms with Crippen LogP contribution in [0.5, 0.6) is 11.5 Å². The Bertz CT molecular complexity index is 839. The Morgan fingerprint density at radius 2 is 1.81 bits per heavy atom. The zero-order valence-electron chi connectivity index (χ0n) is 15.0. The quantitative estimate of drug-likeness (QED) is 0.536. The molecule has 0 radical (unpaired) electrons. The van der Waals surface area contributed by atoms with Crippen LogP contribution in [0, 0.1) is 0 Å². The second kappa shape index (κ2) is 10.2. The topological polar surface area (TPSA) is 89.0 Å².